The zero-order valence-electron chi connectivity index (χ0n) is 16.4. The van der Waals surface area contributed by atoms with Gasteiger partial charge in [0.05, 0.1) is 11.3 Å². The average molecular weight is 399 g/mol. The van der Waals surface area contributed by atoms with Crippen molar-refractivity contribution in [1.29, 1.82) is 0 Å². The largest absolute Gasteiger partial charge is 0.325 e. The number of anilines is 1. The normalized spacial score (nSPS) is 11.1. The maximum atomic E-state index is 14.2. The zero-order chi connectivity index (χ0) is 20.3. The van der Waals surface area contributed by atoms with Gasteiger partial charge in [0.15, 0.2) is 11.0 Å². The number of halogens is 1. The van der Waals surface area contributed by atoms with Gasteiger partial charge in [-0.3, -0.25) is 9.36 Å². The van der Waals surface area contributed by atoms with E-state index in [4.69, 9.17) is 0 Å². The summed E-state index contributed by atoms with van der Waals surface area (Å²) in [6.45, 7) is 7.95. The van der Waals surface area contributed by atoms with Crippen molar-refractivity contribution >= 4 is 23.4 Å². The van der Waals surface area contributed by atoms with Crippen LogP contribution in [-0.2, 0) is 4.79 Å². The number of hydrogen-bond acceptors (Lipinski definition) is 4. The zero-order valence-corrected chi connectivity index (χ0v) is 17.2. The van der Waals surface area contributed by atoms with Gasteiger partial charge in [0.1, 0.15) is 5.82 Å². The van der Waals surface area contributed by atoms with Crippen molar-refractivity contribution in [2.45, 2.75) is 38.9 Å². The van der Waals surface area contributed by atoms with Gasteiger partial charge in [0.25, 0.3) is 0 Å². The average Bonchev–Trinajstić information content (AvgIpc) is 3.08. The minimum atomic E-state index is -0.346. The Kier molecular flexibility index (Phi) is 6.14. The topological polar surface area (TPSA) is 59.8 Å². The maximum Gasteiger partial charge on any atom is 0.234 e. The third kappa shape index (κ3) is 4.25. The molecule has 28 heavy (non-hydrogen) atoms. The van der Waals surface area contributed by atoms with E-state index < -0.39 is 0 Å². The lowest BCUT2D eigenvalue weighted by Gasteiger charge is -2.14. The molecule has 1 aromatic heterocycles. The standard InChI is InChI=1S/C21H23FN4OS/c1-13(2)26-20(16-9-5-6-10-17(16)22)24-25-21(26)28-12-19(27)23-18-11-7-8-14(3)15(18)4/h5-11,13H,12H2,1-4H3,(H,23,27). The van der Waals surface area contributed by atoms with E-state index in [1.807, 2.05) is 50.5 Å². The lowest BCUT2D eigenvalue weighted by atomic mass is 10.1. The summed E-state index contributed by atoms with van der Waals surface area (Å²) in [4.78, 5) is 12.4. The van der Waals surface area contributed by atoms with Crippen molar-refractivity contribution in [3.8, 4) is 11.4 Å². The summed E-state index contributed by atoms with van der Waals surface area (Å²) < 4.78 is 16.1. The van der Waals surface area contributed by atoms with Crippen LogP contribution in [0.3, 0.4) is 0 Å². The van der Waals surface area contributed by atoms with E-state index in [1.165, 1.54) is 17.8 Å². The van der Waals surface area contributed by atoms with Crippen LogP contribution in [-0.4, -0.2) is 26.4 Å². The fourth-order valence-corrected chi connectivity index (χ4v) is 3.74. The molecule has 3 rings (SSSR count). The van der Waals surface area contributed by atoms with Crippen molar-refractivity contribution in [2.75, 3.05) is 11.1 Å². The van der Waals surface area contributed by atoms with Gasteiger partial charge in [-0.2, -0.15) is 0 Å². The molecule has 3 aromatic rings. The number of rotatable bonds is 6. The monoisotopic (exact) mass is 398 g/mol. The fourth-order valence-electron chi connectivity index (χ4n) is 2.87. The van der Waals surface area contributed by atoms with Crippen molar-refractivity contribution in [3.63, 3.8) is 0 Å². The first-order valence-corrected chi connectivity index (χ1v) is 10.1. The van der Waals surface area contributed by atoms with E-state index in [1.54, 1.807) is 18.2 Å². The van der Waals surface area contributed by atoms with E-state index >= 15 is 0 Å². The first-order chi connectivity index (χ1) is 13.4. The molecule has 5 nitrogen and oxygen atoms in total. The summed E-state index contributed by atoms with van der Waals surface area (Å²) in [5.74, 6) is 0.186. The van der Waals surface area contributed by atoms with E-state index in [9.17, 15) is 9.18 Å². The van der Waals surface area contributed by atoms with Gasteiger partial charge < -0.3 is 5.32 Å². The van der Waals surface area contributed by atoms with Crippen molar-refractivity contribution in [1.82, 2.24) is 14.8 Å². The van der Waals surface area contributed by atoms with Gasteiger partial charge in [-0.1, -0.05) is 36.0 Å². The summed E-state index contributed by atoms with van der Waals surface area (Å²) >= 11 is 1.29. The number of amides is 1. The van der Waals surface area contributed by atoms with E-state index in [2.05, 4.69) is 15.5 Å². The molecule has 7 heteroatoms. The lowest BCUT2D eigenvalue weighted by molar-refractivity contribution is -0.113. The van der Waals surface area contributed by atoms with Gasteiger partial charge in [-0.05, 0) is 57.0 Å². The Morgan fingerprint density at radius 1 is 1.14 bits per heavy atom. The Bertz CT molecular complexity index is 1000. The fraction of sp³-hybridized carbons (Fsp3) is 0.286. The summed E-state index contributed by atoms with van der Waals surface area (Å²) in [5.41, 5.74) is 3.38. The van der Waals surface area contributed by atoms with Gasteiger partial charge >= 0.3 is 0 Å². The molecule has 1 amide bonds. The number of carbonyl (C=O) groups excluding carboxylic acids is 1. The molecular weight excluding hydrogens is 375 g/mol. The number of benzene rings is 2. The summed E-state index contributed by atoms with van der Waals surface area (Å²) in [7, 11) is 0. The molecule has 0 radical (unpaired) electrons. The van der Waals surface area contributed by atoms with Crippen LogP contribution in [0.2, 0.25) is 0 Å². The third-order valence-electron chi connectivity index (χ3n) is 4.51. The van der Waals surface area contributed by atoms with Gasteiger partial charge in [-0.15, -0.1) is 10.2 Å². The highest BCUT2D eigenvalue weighted by Gasteiger charge is 2.20. The highest BCUT2D eigenvalue weighted by Crippen LogP contribution is 2.29. The second kappa shape index (κ2) is 8.56. The Morgan fingerprint density at radius 2 is 1.89 bits per heavy atom. The molecule has 146 valence electrons. The molecular formula is C21H23FN4OS. The SMILES string of the molecule is Cc1cccc(NC(=O)CSc2nnc(-c3ccccc3F)n2C(C)C)c1C. The van der Waals surface area contributed by atoms with Crippen LogP contribution in [0.4, 0.5) is 10.1 Å². The number of nitrogens with zero attached hydrogens (tertiary/aromatic N) is 3. The molecule has 1 heterocycles. The third-order valence-corrected chi connectivity index (χ3v) is 5.45. The molecule has 2 aromatic carbocycles. The number of aromatic nitrogens is 3. The van der Waals surface area contributed by atoms with Crippen LogP contribution in [0.1, 0.15) is 31.0 Å². The summed E-state index contributed by atoms with van der Waals surface area (Å²) in [6.07, 6.45) is 0. The van der Waals surface area contributed by atoms with Crippen molar-refractivity contribution < 1.29 is 9.18 Å². The highest BCUT2D eigenvalue weighted by molar-refractivity contribution is 7.99. The Balaban J connectivity index is 1.77. The molecule has 0 aliphatic rings. The van der Waals surface area contributed by atoms with E-state index in [0.717, 1.165) is 16.8 Å². The van der Waals surface area contributed by atoms with Crippen LogP contribution in [0.5, 0.6) is 0 Å². The minimum absolute atomic E-state index is 0.0224. The molecule has 0 unspecified atom stereocenters. The smallest absolute Gasteiger partial charge is 0.234 e. The number of thioether (sulfide) groups is 1. The lowest BCUT2D eigenvalue weighted by Crippen LogP contribution is -2.16. The van der Waals surface area contributed by atoms with Crippen LogP contribution in [0, 0.1) is 19.7 Å². The van der Waals surface area contributed by atoms with Gasteiger partial charge in [-0.25, -0.2) is 4.39 Å². The first kappa shape index (κ1) is 20.1. The van der Waals surface area contributed by atoms with Crippen LogP contribution in [0.15, 0.2) is 47.6 Å². The molecule has 0 saturated carbocycles. The van der Waals surface area contributed by atoms with Crippen LogP contribution < -0.4 is 5.32 Å². The molecule has 0 atom stereocenters. The second-order valence-corrected chi connectivity index (χ2v) is 7.78. The van der Waals surface area contributed by atoms with E-state index in [-0.39, 0.29) is 23.5 Å². The molecule has 0 aliphatic heterocycles. The number of carbonyl (C=O) groups is 1. The van der Waals surface area contributed by atoms with E-state index in [0.29, 0.717) is 16.5 Å². The Morgan fingerprint density at radius 3 is 2.61 bits per heavy atom. The number of nitrogens with one attached hydrogen (secondary N) is 1. The van der Waals surface area contributed by atoms with Crippen LogP contribution >= 0.6 is 11.8 Å². The Labute approximate surface area is 168 Å². The molecule has 1 N–H and O–H groups in total. The van der Waals surface area contributed by atoms with Crippen molar-refractivity contribution in [2.24, 2.45) is 0 Å². The van der Waals surface area contributed by atoms with Gasteiger partial charge in [0.2, 0.25) is 5.91 Å². The summed E-state index contributed by atoms with van der Waals surface area (Å²) in [6, 6.07) is 12.3. The number of aryl methyl sites for hydroxylation is 1. The highest BCUT2D eigenvalue weighted by atomic mass is 32.2. The van der Waals surface area contributed by atoms with Crippen molar-refractivity contribution in [3.05, 3.63) is 59.4 Å². The minimum Gasteiger partial charge on any atom is -0.325 e. The van der Waals surface area contributed by atoms with Crippen LogP contribution in [0.25, 0.3) is 11.4 Å². The first-order valence-electron chi connectivity index (χ1n) is 9.07. The second-order valence-electron chi connectivity index (χ2n) is 6.83. The predicted octanol–water partition coefficient (Wildman–Crippen LogP) is 5.01. The Hall–Kier alpha value is -2.67. The molecule has 0 bridgehead atoms. The summed E-state index contributed by atoms with van der Waals surface area (Å²) in [5, 5.41) is 11.9. The maximum absolute atomic E-state index is 14.2. The quantitative estimate of drug-likeness (QED) is 0.593. The molecule has 0 spiro atoms. The predicted molar refractivity (Wildman–Crippen MR) is 111 cm³/mol. The molecule has 0 fully saturated rings. The van der Waals surface area contributed by atoms with Gasteiger partial charge in [0, 0.05) is 11.7 Å². The molecule has 0 saturated heterocycles. The number of hydrogen-bond donors (Lipinski definition) is 1. The molecule has 0 aliphatic carbocycles.